The Hall–Kier alpha value is -2.11. The van der Waals surface area contributed by atoms with Crippen LogP contribution in [0.1, 0.15) is 46.5 Å². The van der Waals surface area contributed by atoms with Crippen LogP contribution in [-0.4, -0.2) is 32.3 Å². The molecule has 6 heteroatoms. The van der Waals surface area contributed by atoms with Gasteiger partial charge in [0.2, 0.25) is 0 Å². The van der Waals surface area contributed by atoms with Gasteiger partial charge in [-0.1, -0.05) is 0 Å². The molecule has 1 atom stereocenters. The Balaban J connectivity index is 1.63. The quantitative estimate of drug-likeness (QED) is 0.784. The number of nitrogens with zero attached hydrogens (tertiary/aromatic N) is 2. The molecule has 0 spiro atoms. The number of hydrogen-bond acceptors (Lipinski definition) is 3. The summed E-state index contributed by atoms with van der Waals surface area (Å²) in [4.78, 5) is 12.2. The molecule has 2 aromatic heterocycles. The van der Waals surface area contributed by atoms with Crippen molar-refractivity contribution in [2.24, 2.45) is 0 Å². The van der Waals surface area contributed by atoms with Crippen LogP contribution in [-0.2, 0) is 19.3 Å². The van der Waals surface area contributed by atoms with Crippen molar-refractivity contribution in [3.8, 4) is 0 Å². The Kier molecular flexibility index (Phi) is 3.30. The van der Waals surface area contributed by atoms with Crippen LogP contribution in [0.3, 0.4) is 0 Å². The lowest BCUT2D eigenvalue weighted by Crippen LogP contribution is -2.34. The van der Waals surface area contributed by atoms with Crippen molar-refractivity contribution in [1.29, 1.82) is 0 Å². The van der Waals surface area contributed by atoms with Gasteiger partial charge in [0.25, 0.3) is 5.91 Å². The number of aryl methyl sites for hydroxylation is 2. The fraction of sp³-hybridized carbons (Fsp3) is 0.500. The van der Waals surface area contributed by atoms with Crippen LogP contribution in [0.5, 0.6) is 0 Å². The van der Waals surface area contributed by atoms with Gasteiger partial charge in [-0.25, -0.2) is 0 Å². The maximum absolute atomic E-state index is 12.2. The van der Waals surface area contributed by atoms with Gasteiger partial charge in [-0.3, -0.25) is 15.0 Å². The predicted octanol–water partition coefficient (Wildman–Crippen LogP) is 1.29. The molecule has 6 nitrogen and oxygen atoms in total. The molecule has 20 heavy (non-hydrogen) atoms. The molecule has 1 aliphatic carbocycles. The Morgan fingerprint density at radius 3 is 3.00 bits per heavy atom. The van der Waals surface area contributed by atoms with E-state index in [1.54, 1.807) is 0 Å². The van der Waals surface area contributed by atoms with Gasteiger partial charge in [-0.15, -0.1) is 0 Å². The minimum atomic E-state index is -0.0934. The number of fused-ring (bicyclic) bond motifs is 1. The van der Waals surface area contributed by atoms with Crippen molar-refractivity contribution in [1.82, 2.24) is 25.7 Å². The van der Waals surface area contributed by atoms with E-state index >= 15 is 0 Å². The first-order valence-corrected chi connectivity index (χ1v) is 7.01. The molecule has 3 N–H and O–H groups in total. The van der Waals surface area contributed by atoms with Crippen LogP contribution in [0.25, 0.3) is 0 Å². The van der Waals surface area contributed by atoms with Gasteiger partial charge in [-0.05, 0) is 39.2 Å². The van der Waals surface area contributed by atoms with E-state index in [0.717, 1.165) is 41.9 Å². The molecule has 0 aromatic carbocycles. The van der Waals surface area contributed by atoms with Gasteiger partial charge >= 0.3 is 0 Å². The number of aromatic amines is 2. The fourth-order valence-electron chi connectivity index (χ4n) is 2.74. The van der Waals surface area contributed by atoms with E-state index in [9.17, 15) is 4.79 Å². The van der Waals surface area contributed by atoms with Crippen molar-refractivity contribution in [3.63, 3.8) is 0 Å². The zero-order chi connectivity index (χ0) is 14.1. The number of carbonyl (C=O) groups is 1. The monoisotopic (exact) mass is 273 g/mol. The Morgan fingerprint density at radius 1 is 1.40 bits per heavy atom. The molecule has 1 aliphatic rings. The molecular formula is C14H19N5O. The maximum Gasteiger partial charge on any atom is 0.272 e. The predicted molar refractivity (Wildman–Crippen MR) is 74.6 cm³/mol. The number of amides is 1. The standard InChI is InChI=1S/C14H19N5O/c1-8(6-10-7-9(2)16-17-10)15-14(20)13-11-4-3-5-12(11)18-19-13/h7-8H,3-6H2,1-2H3,(H,15,20)(H,16,17)(H,18,19)/t8-/m1/s1. The zero-order valence-corrected chi connectivity index (χ0v) is 11.8. The summed E-state index contributed by atoms with van der Waals surface area (Å²) in [5, 5.41) is 17.2. The van der Waals surface area contributed by atoms with E-state index in [2.05, 4.69) is 25.7 Å². The van der Waals surface area contributed by atoms with Crippen molar-refractivity contribution in [3.05, 3.63) is 34.4 Å². The lowest BCUT2D eigenvalue weighted by Gasteiger charge is -2.11. The average Bonchev–Trinajstić information content (AvgIpc) is 3.04. The first kappa shape index (κ1) is 12.9. The first-order valence-electron chi connectivity index (χ1n) is 7.01. The molecule has 0 unspecified atom stereocenters. The lowest BCUT2D eigenvalue weighted by atomic mass is 10.1. The summed E-state index contributed by atoms with van der Waals surface area (Å²) in [6, 6.07) is 2.02. The van der Waals surface area contributed by atoms with Crippen LogP contribution in [0.2, 0.25) is 0 Å². The molecule has 0 saturated heterocycles. The SMILES string of the molecule is Cc1cc(C[C@@H](C)NC(=O)c2n[nH]c3c2CCC3)n[nH]1. The van der Waals surface area contributed by atoms with Gasteiger partial charge in [0.1, 0.15) is 0 Å². The van der Waals surface area contributed by atoms with Crippen LogP contribution in [0.4, 0.5) is 0 Å². The van der Waals surface area contributed by atoms with Gasteiger partial charge in [0.15, 0.2) is 5.69 Å². The second-order valence-electron chi connectivity index (χ2n) is 5.50. The van der Waals surface area contributed by atoms with E-state index < -0.39 is 0 Å². The molecule has 0 bridgehead atoms. The van der Waals surface area contributed by atoms with Crippen LogP contribution in [0.15, 0.2) is 6.07 Å². The van der Waals surface area contributed by atoms with Crippen molar-refractivity contribution < 1.29 is 4.79 Å². The number of aromatic nitrogens is 4. The summed E-state index contributed by atoms with van der Waals surface area (Å²) in [5.74, 6) is -0.0934. The number of H-pyrrole nitrogens is 2. The minimum Gasteiger partial charge on any atom is -0.348 e. The van der Waals surface area contributed by atoms with Gasteiger partial charge in [0.05, 0.1) is 5.69 Å². The van der Waals surface area contributed by atoms with E-state index in [-0.39, 0.29) is 11.9 Å². The highest BCUT2D eigenvalue weighted by atomic mass is 16.2. The molecule has 1 amide bonds. The molecule has 0 radical (unpaired) electrons. The third-order valence-corrected chi connectivity index (χ3v) is 3.67. The van der Waals surface area contributed by atoms with E-state index in [0.29, 0.717) is 12.1 Å². The van der Waals surface area contributed by atoms with Crippen LogP contribution in [0, 0.1) is 6.92 Å². The Bertz CT molecular complexity index is 627. The Labute approximate surface area is 117 Å². The summed E-state index contributed by atoms with van der Waals surface area (Å²) < 4.78 is 0. The normalized spacial score (nSPS) is 15.1. The molecule has 2 heterocycles. The molecule has 0 aliphatic heterocycles. The summed E-state index contributed by atoms with van der Waals surface area (Å²) in [6.45, 7) is 3.95. The smallest absolute Gasteiger partial charge is 0.272 e. The van der Waals surface area contributed by atoms with Crippen LogP contribution >= 0.6 is 0 Å². The summed E-state index contributed by atoms with van der Waals surface area (Å²) in [5.41, 5.74) is 4.75. The zero-order valence-electron chi connectivity index (χ0n) is 11.8. The highest BCUT2D eigenvalue weighted by Gasteiger charge is 2.23. The number of carbonyl (C=O) groups excluding carboxylic acids is 1. The highest BCUT2D eigenvalue weighted by molar-refractivity contribution is 5.94. The largest absolute Gasteiger partial charge is 0.348 e. The summed E-state index contributed by atoms with van der Waals surface area (Å²) in [6.07, 6.45) is 3.76. The summed E-state index contributed by atoms with van der Waals surface area (Å²) >= 11 is 0. The number of rotatable bonds is 4. The minimum absolute atomic E-state index is 0.0268. The average molecular weight is 273 g/mol. The lowest BCUT2D eigenvalue weighted by molar-refractivity contribution is 0.0934. The van der Waals surface area contributed by atoms with Crippen molar-refractivity contribution >= 4 is 5.91 Å². The van der Waals surface area contributed by atoms with Crippen molar-refractivity contribution in [2.45, 2.75) is 45.6 Å². The molecule has 106 valence electrons. The van der Waals surface area contributed by atoms with E-state index in [1.165, 1.54) is 0 Å². The van der Waals surface area contributed by atoms with E-state index in [4.69, 9.17) is 0 Å². The first-order chi connectivity index (χ1) is 9.63. The maximum atomic E-state index is 12.2. The molecule has 0 saturated carbocycles. The third-order valence-electron chi connectivity index (χ3n) is 3.67. The highest BCUT2D eigenvalue weighted by Crippen LogP contribution is 2.22. The molecule has 0 fully saturated rings. The molecule has 2 aromatic rings. The van der Waals surface area contributed by atoms with Gasteiger partial charge in [-0.2, -0.15) is 10.2 Å². The van der Waals surface area contributed by atoms with Gasteiger partial charge < -0.3 is 5.32 Å². The summed E-state index contributed by atoms with van der Waals surface area (Å²) in [7, 11) is 0. The molecular weight excluding hydrogens is 254 g/mol. The van der Waals surface area contributed by atoms with Crippen molar-refractivity contribution in [2.75, 3.05) is 0 Å². The number of hydrogen-bond donors (Lipinski definition) is 3. The second-order valence-corrected chi connectivity index (χ2v) is 5.50. The van der Waals surface area contributed by atoms with Crippen LogP contribution < -0.4 is 5.32 Å². The number of nitrogens with one attached hydrogen (secondary N) is 3. The fourth-order valence-corrected chi connectivity index (χ4v) is 2.74. The topological polar surface area (TPSA) is 86.5 Å². The van der Waals surface area contributed by atoms with E-state index in [1.807, 2.05) is 19.9 Å². The second kappa shape index (κ2) is 5.11. The third kappa shape index (κ3) is 2.45. The van der Waals surface area contributed by atoms with Gasteiger partial charge in [0, 0.05) is 29.4 Å². The Morgan fingerprint density at radius 2 is 2.25 bits per heavy atom. The molecule has 3 rings (SSSR count).